The summed E-state index contributed by atoms with van der Waals surface area (Å²) in [7, 11) is 1.49. The van der Waals surface area contributed by atoms with E-state index in [9.17, 15) is 57.8 Å². The number of aromatic nitrogens is 5. The Hall–Kier alpha value is -11.6. The number of hydrogen-bond donors (Lipinski definition) is 8. The first-order chi connectivity index (χ1) is 53.0. The van der Waals surface area contributed by atoms with Crippen molar-refractivity contribution in [1.29, 1.82) is 0 Å². The normalized spacial score (nSPS) is 13.6. The number of likely N-dealkylation sites (N-methyl/N-ethyl adjacent to an activating group) is 1. The molecule has 0 bridgehead atoms. The van der Waals surface area contributed by atoms with Crippen LogP contribution in [0.25, 0.3) is 21.8 Å². The highest BCUT2D eigenvalue weighted by atomic mass is 35.5. The van der Waals surface area contributed by atoms with E-state index < -0.39 is 77.7 Å². The quantitative estimate of drug-likeness (QED) is 0.00843. The summed E-state index contributed by atoms with van der Waals surface area (Å²) in [5.41, 5.74) is 11.3. The second-order valence-corrected chi connectivity index (χ2v) is 26.6. The lowest BCUT2D eigenvalue weighted by molar-refractivity contribution is -0.137. The van der Waals surface area contributed by atoms with Gasteiger partial charge in [0.2, 0.25) is 5.91 Å². The number of pyridine rings is 1. The van der Waals surface area contributed by atoms with Crippen LogP contribution >= 0.6 is 11.6 Å². The highest BCUT2D eigenvalue weighted by molar-refractivity contribution is 6.20. The van der Waals surface area contributed by atoms with Crippen LogP contribution in [-0.2, 0) is 67.3 Å². The molecule has 11 amide bonds. The van der Waals surface area contributed by atoms with Gasteiger partial charge in [0.25, 0.3) is 23.6 Å². The molecule has 34 nitrogen and oxygen atoms in total. The zero-order valence-corrected chi connectivity index (χ0v) is 62.3. The lowest BCUT2D eigenvalue weighted by Gasteiger charge is -2.26. The van der Waals surface area contributed by atoms with Gasteiger partial charge in [0, 0.05) is 104 Å². The Morgan fingerprint density at radius 2 is 1.49 bits per heavy atom. The number of aromatic amines is 1. The maximum atomic E-state index is 14.7. The molecule has 0 saturated heterocycles. The van der Waals surface area contributed by atoms with Gasteiger partial charge in [-0.2, -0.15) is 0 Å². The summed E-state index contributed by atoms with van der Waals surface area (Å²) in [6, 6.07) is 22.4. The molecular weight excluding hydrogens is 1450 g/mol. The second kappa shape index (κ2) is 40.6. The van der Waals surface area contributed by atoms with E-state index in [1.54, 1.807) is 79.5 Å². The van der Waals surface area contributed by atoms with Crippen LogP contribution in [0.1, 0.15) is 87.8 Å². The van der Waals surface area contributed by atoms with E-state index in [0.717, 1.165) is 27.0 Å². The molecule has 0 unspecified atom stereocenters. The number of nitrogens with zero attached hydrogens (tertiary/aromatic N) is 8. The number of aryl methyl sites for hydroxylation is 2. The molecule has 5 heterocycles. The van der Waals surface area contributed by atoms with Crippen molar-refractivity contribution in [3.8, 4) is 5.75 Å². The molecule has 586 valence electrons. The summed E-state index contributed by atoms with van der Waals surface area (Å²) in [6.45, 7) is 7.53. The van der Waals surface area contributed by atoms with Crippen LogP contribution in [0.15, 0.2) is 109 Å². The minimum atomic E-state index is -1.05. The number of anilines is 3. The summed E-state index contributed by atoms with van der Waals surface area (Å²) in [4.78, 5) is 156. The van der Waals surface area contributed by atoms with Gasteiger partial charge in [-0.25, -0.2) is 33.6 Å². The summed E-state index contributed by atoms with van der Waals surface area (Å²) in [6.07, 6.45) is 2.45. The fourth-order valence-electron chi connectivity index (χ4n) is 12.0. The first-order valence-corrected chi connectivity index (χ1v) is 36.2. The van der Waals surface area contributed by atoms with Crippen molar-refractivity contribution in [2.45, 2.75) is 78.6 Å². The minimum Gasteiger partial charge on any atom is -0.447 e. The van der Waals surface area contributed by atoms with E-state index >= 15 is 0 Å². The standard InChI is InChI=1S/C75H90ClN15O19/c1-46(2)66(84-73(101)108-35-33-105-29-25-89-44-56(85-86-89)42-80-72(100)107-34-32-106-30-26-90-62(94)19-20-63(90)95)60(93)38-51(9-7-21-78-71(77)99)69(97)81-54-17-13-49(14-18-54)45-109-74(102)87(5)22-23-88(24-28-104-31-27-92)75(103)110-61-39-59-65(64-48(4)8-6-10-57(61)64)53(40-76)43-91(59)70(98)58-37-52-36-55(41-79-67(52)83-58)82-68(96)50-15-11-47(3)12-16-50/h6,8,10-20,36-37,39,41,44,46,51,53,66,92H,7,9,21-35,38,40,42-43,45H2,1-5H3,(H,79,83)(H,80,100)(H,81,97)(H,82,96)(H,84,101)(H3,77,78,99)/t51-,53-,66+/m1/s1. The fourth-order valence-corrected chi connectivity index (χ4v) is 12.3. The third-order valence-electron chi connectivity index (χ3n) is 17.8. The molecule has 2 aliphatic heterocycles. The molecular formula is C75H90ClN15O19. The molecule has 0 saturated carbocycles. The molecule has 9 N–H and O–H groups in total. The molecule has 4 aromatic carbocycles. The van der Waals surface area contributed by atoms with E-state index in [0.29, 0.717) is 50.3 Å². The summed E-state index contributed by atoms with van der Waals surface area (Å²) in [5, 5.41) is 32.7. The number of alkyl halides is 1. The Morgan fingerprint density at radius 1 is 0.773 bits per heavy atom. The van der Waals surface area contributed by atoms with Gasteiger partial charge in [-0.1, -0.05) is 67.1 Å². The first kappa shape index (κ1) is 82.5. The lowest BCUT2D eigenvalue weighted by atomic mass is 9.89. The molecule has 0 radical (unpaired) electrons. The van der Waals surface area contributed by atoms with Crippen LogP contribution in [0.5, 0.6) is 5.75 Å². The number of ether oxygens (including phenoxy) is 7. The highest BCUT2D eigenvalue weighted by Gasteiger charge is 2.38. The van der Waals surface area contributed by atoms with Crippen LogP contribution in [0, 0.1) is 25.7 Å². The number of aliphatic hydroxyl groups excluding tert-OH is 1. The smallest absolute Gasteiger partial charge is 0.415 e. The molecule has 3 atom stereocenters. The Labute approximate surface area is 637 Å². The number of aliphatic hydroxyl groups is 1. The van der Waals surface area contributed by atoms with Crippen LogP contribution in [-0.4, -0.2) is 228 Å². The Morgan fingerprint density at radius 3 is 2.20 bits per heavy atom. The number of Topliss-reactive ketones (excluding diaryl/α,β-unsaturated/α-hetero) is 1. The number of H-pyrrole nitrogens is 1. The Kier molecular flexibility index (Phi) is 30.4. The number of benzene rings is 4. The van der Waals surface area contributed by atoms with Gasteiger partial charge >= 0.3 is 30.4 Å². The van der Waals surface area contributed by atoms with E-state index in [4.69, 9.17) is 50.5 Å². The monoisotopic (exact) mass is 1540 g/mol. The summed E-state index contributed by atoms with van der Waals surface area (Å²) in [5.74, 6) is -3.83. The average Bonchev–Trinajstić information content (AvgIpc) is 1.55. The Bertz CT molecular complexity index is 4440. The van der Waals surface area contributed by atoms with E-state index in [1.165, 1.54) is 39.9 Å². The fraction of sp³-hybridized carbons (Fsp3) is 0.413. The number of urea groups is 1. The van der Waals surface area contributed by atoms with Gasteiger partial charge < -0.3 is 90.3 Å². The van der Waals surface area contributed by atoms with Gasteiger partial charge in [0.05, 0.1) is 95.7 Å². The molecule has 9 rings (SSSR count). The maximum absolute atomic E-state index is 14.7. The van der Waals surface area contributed by atoms with Crippen molar-refractivity contribution in [2.75, 3.05) is 127 Å². The molecule has 0 spiro atoms. The SMILES string of the molecule is Cc1ccc(C(=O)Nc2cnc3[nH]c(C(=O)N4C[C@@H](CCl)c5c4cc(OC(=O)N(CCOCCO)CCN(C)C(=O)OCc4ccc(NC(=O)[C@H](CCCNC(N)=O)CC(=O)[C@@H](NC(=O)OCCOCCn6cc(CNC(=O)OCCOCCN7C(=O)C=CC7=O)nn6)C(C)C)cc4)c4cccc(C)c54)cc3c2)cc1. The number of nitrogens with one attached hydrogen (secondary N) is 6. The van der Waals surface area contributed by atoms with Gasteiger partial charge in [-0.15, -0.1) is 16.7 Å². The number of carbonyl (C=O) groups excluding carboxylic acids is 11. The molecule has 7 aromatic rings. The molecule has 3 aromatic heterocycles. The number of primary amides is 1. The maximum Gasteiger partial charge on any atom is 0.415 e. The number of alkyl carbamates (subject to hydrolysis) is 2. The van der Waals surface area contributed by atoms with Gasteiger partial charge in [-0.3, -0.25) is 33.7 Å². The highest BCUT2D eigenvalue weighted by Crippen LogP contribution is 2.47. The molecule has 0 aliphatic carbocycles. The van der Waals surface area contributed by atoms with Gasteiger partial charge in [0.15, 0.2) is 5.78 Å². The van der Waals surface area contributed by atoms with Gasteiger partial charge in [0.1, 0.15) is 42.6 Å². The van der Waals surface area contributed by atoms with Crippen molar-refractivity contribution in [2.24, 2.45) is 17.6 Å². The number of hydrogen-bond acceptors (Lipinski definition) is 22. The number of halogens is 1. The third kappa shape index (κ3) is 23.5. The minimum absolute atomic E-state index is 0.00343. The van der Waals surface area contributed by atoms with Crippen molar-refractivity contribution >= 4 is 116 Å². The molecule has 2 aliphatic rings. The van der Waals surface area contributed by atoms with E-state index in [2.05, 4.69) is 46.9 Å². The number of carbonyl (C=O) groups is 11. The van der Waals surface area contributed by atoms with Crippen LogP contribution in [0.2, 0.25) is 0 Å². The van der Waals surface area contributed by atoms with Crippen LogP contribution < -0.4 is 42.0 Å². The molecule has 35 heteroatoms. The topological polar surface area (TPSA) is 431 Å². The second-order valence-electron chi connectivity index (χ2n) is 26.2. The summed E-state index contributed by atoms with van der Waals surface area (Å²) < 4.78 is 40.2. The van der Waals surface area contributed by atoms with Crippen molar-refractivity contribution in [3.63, 3.8) is 0 Å². The van der Waals surface area contributed by atoms with E-state index in [-0.39, 0.29) is 167 Å². The predicted octanol–water partition coefficient (Wildman–Crippen LogP) is 6.84. The Balaban J connectivity index is 0.729. The zero-order chi connectivity index (χ0) is 78.8. The first-order valence-electron chi connectivity index (χ1n) is 35.7. The number of amides is 11. The van der Waals surface area contributed by atoms with Crippen molar-refractivity contribution < 1.29 is 91.0 Å². The van der Waals surface area contributed by atoms with Gasteiger partial charge in [-0.05, 0) is 91.1 Å². The lowest BCUT2D eigenvalue weighted by Crippen LogP contribution is -2.46. The van der Waals surface area contributed by atoms with Crippen LogP contribution in [0.3, 0.4) is 0 Å². The van der Waals surface area contributed by atoms with Crippen molar-refractivity contribution in [3.05, 3.63) is 149 Å². The average molecular weight is 1540 g/mol. The molecule has 0 fully saturated rings. The van der Waals surface area contributed by atoms with Crippen LogP contribution in [0.4, 0.5) is 41.0 Å². The summed E-state index contributed by atoms with van der Waals surface area (Å²) >= 11 is 6.68. The number of fused-ring (bicyclic) bond motifs is 4. The zero-order valence-electron chi connectivity index (χ0n) is 61.6. The van der Waals surface area contributed by atoms with E-state index in [1.807, 2.05) is 44.2 Å². The number of nitrogens with two attached hydrogens (primary N) is 1. The third-order valence-corrected chi connectivity index (χ3v) is 18.2. The number of rotatable bonds is 40. The number of imide groups is 1. The predicted molar refractivity (Wildman–Crippen MR) is 401 cm³/mol. The molecule has 110 heavy (non-hydrogen) atoms. The number of ketones is 1. The van der Waals surface area contributed by atoms with Crippen molar-refractivity contribution in [1.82, 2.24) is 55.6 Å². The largest absolute Gasteiger partial charge is 0.447 e.